The van der Waals surface area contributed by atoms with Crippen LogP contribution in [-0.2, 0) is 31.4 Å². The molecule has 0 aliphatic carbocycles. The third-order valence-corrected chi connectivity index (χ3v) is 6.31. The lowest BCUT2D eigenvalue weighted by atomic mass is 9.91. The van der Waals surface area contributed by atoms with Crippen molar-refractivity contribution in [2.24, 2.45) is 7.05 Å². The summed E-state index contributed by atoms with van der Waals surface area (Å²) in [6, 6.07) is 4.04. The van der Waals surface area contributed by atoms with Crippen molar-refractivity contribution in [3.05, 3.63) is 45.4 Å². The average Bonchev–Trinajstić information content (AvgIpc) is 2.81. The monoisotopic (exact) mass is 455 g/mol. The molecule has 1 amide bonds. The molecule has 0 N–H and O–H groups in total. The molecule has 0 atom stereocenters. The van der Waals surface area contributed by atoms with Gasteiger partial charge in [0.2, 0.25) is 5.91 Å². The number of rotatable bonds is 9. The molecule has 7 heteroatoms. The Hall–Kier alpha value is -2.80. The first-order valence-electron chi connectivity index (χ1n) is 11.7. The van der Waals surface area contributed by atoms with Crippen LogP contribution >= 0.6 is 0 Å². The summed E-state index contributed by atoms with van der Waals surface area (Å²) in [4.78, 5) is 29.6. The van der Waals surface area contributed by atoms with Gasteiger partial charge in [-0.15, -0.1) is 0 Å². The molecule has 180 valence electrons. The van der Waals surface area contributed by atoms with Crippen LogP contribution in [0.1, 0.15) is 49.3 Å². The Balaban J connectivity index is 2.03. The maximum atomic E-state index is 13.0. The van der Waals surface area contributed by atoms with Crippen molar-refractivity contribution in [3.63, 3.8) is 0 Å². The predicted molar refractivity (Wildman–Crippen MR) is 131 cm³/mol. The number of methoxy groups -OCH3 is 2. The number of pyridine rings is 1. The molecule has 3 rings (SSSR count). The molecule has 0 bridgehead atoms. The number of carbonyl (C=O) groups is 1. The van der Waals surface area contributed by atoms with E-state index in [-0.39, 0.29) is 11.5 Å². The summed E-state index contributed by atoms with van der Waals surface area (Å²) in [7, 11) is 9.10. The fourth-order valence-electron chi connectivity index (χ4n) is 4.56. The third-order valence-electron chi connectivity index (χ3n) is 6.31. The lowest BCUT2D eigenvalue weighted by molar-refractivity contribution is -0.132. The van der Waals surface area contributed by atoms with Gasteiger partial charge in [-0.1, -0.05) is 19.8 Å². The number of ether oxygens (including phenoxy) is 2. The van der Waals surface area contributed by atoms with Gasteiger partial charge in [0.25, 0.3) is 5.56 Å². The van der Waals surface area contributed by atoms with E-state index in [0.29, 0.717) is 38.0 Å². The van der Waals surface area contributed by atoms with Crippen LogP contribution in [0.4, 0.5) is 0 Å². The number of unbranched alkanes of at least 4 members (excludes halogenated alkanes) is 2. The summed E-state index contributed by atoms with van der Waals surface area (Å²) in [6.07, 6.45) is 6.13. The van der Waals surface area contributed by atoms with Crippen LogP contribution in [0.2, 0.25) is 0 Å². The van der Waals surface area contributed by atoms with E-state index in [2.05, 4.69) is 11.8 Å². The van der Waals surface area contributed by atoms with Gasteiger partial charge in [-0.2, -0.15) is 0 Å². The van der Waals surface area contributed by atoms with Crippen LogP contribution in [0, 0.1) is 0 Å². The molecule has 0 unspecified atom stereocenters. The molecule has 1 aliphatic heterocycles. The van der Waals surface area contributed by atoms with Crippen LogP contribution in [0.25, 0.3) is 11.1 Å². The quantitative estimate of drug-likeness (QED) is 0.541. The van der Waals surface area contributed by atoms with Crippen molar-refractivity contribution in [2.75, 3.05) is 34.9 Å². The number of amides is 1. The number of aromatic nitrogens is 1. The van der Waals surface area contributed by atoms with Gasteiger partial charge in [-0.3, -0.25) is 9.59 Å². The highest BCUT2D eigenvalue weighted by Crippen LogP contribution is 2.38. The molecule has 33 heavy (non-hydrogen) atoms. The van der Waals surface area contributed by atoms with E-state index in [1.165, 1.54) is 0 Å². The van der Waals surface area contributed by atoms with Crippen molar-refractivity contribution in [1.82, 2.24) is 14.4 Å². The van der Waals surface area contributed by atoms with Crippen LogP contribution in [-0.4, -0.2) is 55.1 Å². The lowest BCUT2D eigenvalue weighted by Gasteiger charge is -2.30. The molecule has 2 aromatic rings. The minimum absolute atomic E-state index is 0.0389. The summed E-state index contributed by atoms with van der Waals surface area (Å²) in [5.41, 5.74) is 4.60. The minimum atomic E-state index is -0.0389. The van der Waals surface area contributed by atoms with Gasteiger partial charge in [0, 0.05) is 43.9 Å². The Bertz CT molecular complexity index is 1030. The number of aryl methyl sites for hydroxylation is 1. The predicted octanol–water partition coefficient (Wildman–Crippen LogP) is 3.60. The van der Waals surface area contributed by atoms with E-state index >= 15 is 0 Å². The van der Waals surface area contributed by atoms with Gasteiger partial charge in [0.15, 0.2) is 0 Å². The SMILES string of the molecule is CCCCCC(=O)N1CCc2c(-c3cc(OC)c(CN(C)C)c(OC)c3)cn(C)c(=O)c2C1. The zero-order chi connectivity index (χ0) is 24.1. The Morgan fingerprint density at radius 3 is 2.33 bits per heavy atom. The molecule has 0 radical (unpaired) electrons. The number of hydrogen-bond acceptors (Lipinski definition) is 5. The molecule has 0 saturated heterocycles. The molecule has 0 fully saturated rings. The molecule has 1 aromatic carbocycles. The Labute approximate surface area is 196 Å². The van der Waals surface area contributed by atoms with Crippen molar-refractivity contribution in [2.45, 2.75) is 52.1 Å². The van der Waals surface area contributed by atoms with E-state index in [1.807, 2.05) is 37.3 Å². The van der Waals surface area contributed by atoms with Crippen LogP contribution in [0.5, 0.6) is 11.5 Å². The fourth-order valence-corrected chi connectivity index (χ4v) is 4.56. The number of carbonyl (C=O) groups excluding carboxylic acids is 1. The first-order chi connectivity index (χ1) is 15.8. The summed E-state index contributed by atoms with van der Waals surface area (Å²) >= 11 is 0. The van der Waals surface area contributed by atoms with Crippen molar-refractivity contribution in [3.8, 4) is 22.6 Å². The van der Waals surface area contributed by atoms with Gasteiger partial charge in [-0.05, 0) is 50.2 Å². The first-order valence-corrected chi connectivity index (χ1v) is 11.7. The molecular formula is C26H37N3O4. The summed E-state index contributed by atoms with van der Waals surface area (Å²) < 4.78 is 13.0. The topological polar surface area (TPSA) is 64.0 Å². The highest BCUT2D eigenvalue weighted by Gasteiger charge is 2.26. The number of benzene rings is 1. The number of nitrogens with zero attached hydrogens (tertiary/aromatic N) is 3. The summed E-state index contributed by atoms with van der Waals surface area (Å²) in [6.45, 7) is 3.82. The second-order valence-corrected chi connectivity index (χ2v) is 9.04. The van der Waals surface area contributed by atoms with Crippen molar-refractivity contribution >= 4 is 5.91 Å². The largest absolute Gasteiger partial charge is 0.496 e. The second-order valence-electron chi connectivity index (χ2n) is 9.04. The lowest BCUT2D eigenvalue weighted by Crippen LogP contribution is -2.40. The van der Waals surface area contributed by atoms with Gasteiger partial charge in [-0.25, -0.2) is 0 Å². The molecule has 7 nitrogen and oxygen atoms in total. The maximum absolute atomic E-state index is 13.0. The Kier molecular flexibility index (Phi) is 8.19. The zero-order valence-electron chi connectivity index (χ0n) is 20.9. The van der Waals surface area contributed by atoms with Gasteiger partial charge in [0.05, 0.1) is 26.3 Å². The van der Waals surface area contributed by atoms with Crippen LogP contribution < -0.4 is 15.0 Å². The average molecular weight is 456 g/mol. The van der Waals surface area contributed by atoms with E-state index in [4.69, 9.17) is 9.47 Å². The van der Waals surface area contributed by atoms with Gasteiger partial charge < -0.3 is 23.8 Å². The Morgan fingerprint density at radius 1 is 1.09 bits per heavy atom. The normalized spacial score (nSPS) is 13.2. The van der Waals surface area contributed by atoms with Crippen molar-refractivity contribution < 1.29 is 14.3 Å². The van der Waals surface area contributed by atoms with Crippen molar-refractivity contribution in [1.29, 1.82) is 0 Å². The molecule has 0 saturated carbocycles. The maximum Gasteiger partial charge on any atom is 0.255 e. The van der Waals surface area contributed by atoms with E-state index < -0.39 is 0 Å². The van der Waals surface area contributed by atoms with Crippen LogP contribution in [0.15, 0.2) is 23.1 Å². The van der Waals surface area contributed by atoms with Gasteiger partial charge in [0.1, 0.15) is 11.5 Å². The molecule has 1 aromatic heterocycles. The molecule has 2 heterocycles. The standard InChI is InChI=1S/C26H37N3O4/c1-7-8-9-10-25(30)29-12-11-19-20(16-28(4)26(31)21(19)17-29)18-13-23(32-5)22(15-27(2)3)24(14-18)33-6/h13-14,16H,7-12,15,17H2,1-6H3. The molecule has 1 aliphatic rings. The highest BCUT2D eigenvalue weighted by atomic mass is 16.5. The second kappa shape index (κ2) is 10.9. The van der Waals surface area contributed by atoms with E-state index in [0.717, 1.165) is 53.0 Å². The number of fused-ring (bicyclic) bond motifs is 1. The summed E-state index contributed by atoms with van der Waals surface area (Å²) in [5.74, 6) is 1.64. The van der Waals surface area contributed by atoms with E-state index in [1.54, 1.807) is 25.8 Å². The van der Waals surface area contributed by atoms with E-state index in [9.17, 15) is 9.59 Å². The Morgan fingerprint density at radius 2 is 1.76 bits per heavy atom. The summed E-state index contributed by atoms with van der Waals surface area (Å²) in [5, 5.41) is 0. The number of hydrogen-bond donors (Lipinski definition) is 0. The minimum Gasteiger partial charge on any atom is -0.496 e. The smallest absolute Gasteiger partial charge is 0.255 e. The molecule has 0 spiro atoms. The van der Waals surface area contributed by atoms with Gasteiger partial charge >= 0.3 is 0 Å². The fraction of sp³-hybridized carbons (Fsp3) is 0.538. The first kappa shape index (κ1) is 24.8. The van der Waals surface area contributed by atoms with Crippen LogP contribution in [0.3, 0.4) is 0 Å². The molecular weight excluding hydrogens is 418 g/mol. The zero-order valence-corrected chi connectivity index (χ0v) is 20.9. The third kappa shape index (κ3) is 5.41. The highest BCUT2D eigenvalue weighted by molar-refractivity contribution is 5.77.